The van der Waals surface area contributed by atoms with Gasteiger partial charge in [0.1, 0.15) is 5.75 Å². The van der Waals surface area contributed by atoms with E-state index >= 15 is 0 Å². The fraction of sp³-hybridized carbons (Fsp3) is 0.529. The molecular weight excluding hydrogens is 280 g/mol. The molecule has 5 heteroatoms. The summed E-state index contributed by atoms with van der Waals surface area (Å²) in [6.45, 7) is 0.462. The first-order valence-corrected chi connectivity index (χ1v) is 7.92. The first-order valence-electron chi connectivity index (χ1n) is 7.92. The van der Waals surface area contributed by atoms with E-state index in [1.165, 1.54) is 12.8 Å². The number of hydrogen-bond acceptors (Lipinski definition) is 3. The van der Waals surface area contributed by atoms with Gasteiger partial charge in [0.05, 0.1) is 13.0 Å². The van der Waals surface area contributed by atoms with Gasteiger partial charge >= 0.3 is 0 Å². The molecule has 1 heterocycles. The van der Waals surface area contributed by atoms with Crippen LogP contribution in [0.4, 0.5) is 5.69 Å². The van der Waals surface area contributed by atoms with Gasteiger partial charge in [0.25, 0.3) is 0 Å². The van der Waals surface area contributed by atoms with Crippen molar-refractivity contribution in [2.75, 3.05) is 18.6 Å². The molecule has 0 aromatic heterocycles. The minimum absolute atomic E-state index is 0.0109. The lowest BCUT2D eigenvalue weighted by Crippen LogP contribution is -2.38. The van der Waals surface area contributed by atoms with Crippen molar-refractivity contribution in [1.29, 1.82) is 0 Å². The molecule has 2 aliphatic rings. The second-order valence-electron chi connectivity index (χ2n) is 6.09. The highest BCUT2D eigenvalue weighted by molar-refractivity contribution is 6.00. The maximum atomic E-state index is 12.3. The van der Waals surface area contributed by atoms with E-state index in [9.17, 15) is 9.59 Å². The molecular formula is C17H22N2O3. The van der Waals surface area contributed by atoms with Gasteiger partial charge in [-0.25, -0.2) is 0 Å². The van der Waals surface area contributed by atoms with Crippen LogP contribution in [0.25, 0.3) is 0 Å². The summed E-state index contributed by atoms with van der Waals surface area (Å²) in [6.07, 6.45) is 4.80. The molecule has 3 rings (SSSR count). The summed E-state index contributed by atoms with van der Waals surface area (Å²) in [5.41, 5.74) is 0.821. The molecule has 0 unspecified atom stereocenters. The van der Waals surface area contributed by atoms with Crippen LogP contribution < -0.4 is 15.0 Å². The molecule has 22 heavy (non-hydrogen) atoms. The summed E-state index contributed by atoms with van der Waals surface area (Å²) >= 11 is 0. The number of rotatable bonds is 4. The molecule has 1 aromatic rings. The maximum Gasteiger partial charge on any atom is 0.227 e. The molecule has 1 aliphatic carbocycles. The number of benzene rings is 1. The Hall–Kier alpha value is -2.04. The Morgan fingerprint density at radius 1 is 1.23 bits per heavy atom. The van der Waals surface area contributed by atoms with Crippen LogP contribution in [0.5, 0.6) is 5.75 Å². The average molecular weight is 302 g/mol. The van der Waals surface area contributed by atoms with Crippen molar-refractivity contribution < 1.29 is 14.3 Å². The van der Waals surface area contributed by atoms with Crippen molar-refractivity contribution in [3.63, 3.8) is 0 Å². The second-order valence-corrected chi connectivity index (χ2v) is 6.09. The van der Waals surface area contributed by atoms with Crippen LogP contribution in [0.1, 0.15) is 32.1 Å². The Balaban J connectivity index is 1.63. The topological polar surface area (TPSA) is 58.6 Å². The zero-order chi connectivity index (χ0) is 15.5. The van der Waals surface area contributed by atoms with E-state index in [0.29, 0.717) is 19.0 Å². The third kappa shape index (κ3) is 3.08. The van der Waals surface area contributed by atoms with Gasteiger partial charge in [0.15, 0.2) is 0 Å². The minimum atomic E-state index is -0.241. The van der Waals surface area contributed by atoms with E-state index in [1.54, 1.807) is 12.0 Å². The molecule has 0 bridgehead atoms. The fourth-order valence-corrected chi connectivity index (χ4v) is 3.28. The number of carbonyl (C=O) groups is 2. The highest BCUT2D eigenvalue weighted by Gasteiger charge is 2.36. The van der Waals surface area contributed by atoms with Gasteiger partial charge in [-0.15, -0.1) is 0 Å². The summed E-state index contributed by atoms with van der Waals surface area (Å²) in [4.78, 5) is 26.2. The lowest BCUT2D eigenvalue weighted by atomic mass is 10.1. The summed E-state index contributed by atoms with van der Waals surface area (Å²) < 4.78 is 5.12. The summed E-state index contributed by atoms with van der Waals surface area (Å²) in [7, 11) is 1.61. The van der Waals surface area contributed by atoms with E-state index in [0.717, 1.165) is 24.3 Å². The summed E-state index contributed by atoms with van der Waals surface area (Å²) in [6, 6.07) is 7.67. The van der Waals surface area contributed by atoms with Gasteiger partial charge in [0.2, 0.25) is 11.8 Å². The zero-order valence-corrected chi connectivity index (χ0v) is 12.9. The SMILES string of the molecule is COc1ccc(N2C[C@H](C(=O)NC3CCCC3)CC2=O)cc1. The number of carbonyl (C=O) groups excluding carboxylic acids is 2. The zero-order valence-electron chi connectivity index (χ0n) is 12.9. The van der Waals surface area contributed by atoms with E-state index in [1.807, 2.05) is 24.3 Å². The molecule has 1 saturated carbocycles. The van der Waals surface area contributed by atoms with E-state index in [2.05, 4.69) is 5.32 Å². The van der Waals surface area contributed by atoms with Crippen LogP contribution in [0.15, 0.2) is 24.3 Å². The highest BCUT2D eigenvalue weighted by Crippen LogP contribution is 2.27. The Morgan fingerprint density at radius 2 is 1.91 bits per heavy atom. The molecule has 1 atom stereocenters. The third-order valence-electron chi connectivity index (χ3n) is 4.58. The largest absolute Gasteiger partial charge is 0.497 e. The molecule has 2 fully saturated rings. The van der Waals surface area contributed by atoms with Crippen molar-refractivity contribution in [2.24, 2.45) is 5.92 Å². The Labute approximate surface area is 130 Å². The Morgan fingerprint density at radius 3 is 2.55 bits per heavy atom. The first-order chi connectivity index (χ1) is 10.7. The number of hydrogen-bond donors (Lipinski definition) is 1. The molecule has 1 aliphatic heterocycles. The molecule has 0 spiro atoms. The molecule has 1 saturated heterocycles. The predicted octanol–water partition coefficient (Wildman–Crippen LogP) is 2.11. The quantitative estimate of drug-likeness (QED) is 0.926. The van der Waals surface area contributed by atoms with E-state index in [4.69, 9.17) is 4.74 Å². The maximum absolute atomic E-state index is 12.3. The second kappa shape index (κ2) is 6.38. The minimum Gasteiger partial charge on any atom is -0.497 e. The van der Waals surface area contributed by atoms with E-state index < -0.39 is 0 Å². The number of amides is 2. The van der Waals surface area contributed by atoms with Gasteiger partial charge in [-0.1, -0.05) is 12.8 Å². The number of nitrogens with zero attached hydrogens (tertiary/aromatic N) is 1. The number of nitrogens with one attached hydrogen (secondary N) is 1. The molecule has 1 aromatic carbocycles. The molecule has 0 radical (unpaired) electrons. The van der Waals surface area contributed by atoms with Gasteiger partial charge in [-0.2, -0.15) is 0 Å². The monoisotopic (exact) mass is 302 g/mol. The fourth-order valence-electron chi connectivity index (χ4n) is 3.28. The smallest absolute Gasteiger partial charge is 0.227 e. The number of anilines is 1. The lowest BCUT2D eigenvalue weighted by molar-refractivity contribution is -0.126. The van der Waals surface area contributed by atoms with Gasteiger partial charge < -0.3 is 15.0 Å². The lowest BCUT2D eigenvalue weighted by Gasteiger charge is -2.18. The molecule has 5 nitrogen and oxygen atoms in total. The predicted molar refractivity (Wildman–Crippen MR) is 83.9 cm³/mol. The standard InChI is InChI=1S/C17H22N2O3/c1-22-15-8-6-14(7-9-15)19-11-12(10-16(19)20)17(21)18-13-4-2-3-5-13/h6-9,12-13H,2-5,10-11H2,1H3,(H,18,21)/t12-/m1/s1. The normalized spacial score (nSPS) is 22.1. The average Bonchev–Trinajstić information content (AvgIpc) is 3.17. The van der Waals surface area contributed by atoms with Crippen LogP contribution in [0.3, 0.4) is 0 Å². The van der Waals surface area contributed by atoms with Crippen molar-refractivity contribution >= 4 is 17.5 Å². The molecule has 1 N–H and O–H groups in total. The van der Waals surface area contributed by atoms with Crippen LogP contribution in [0.2, 0.25) is 0 Å². The van der Waals surface area contributed by atoms with Crippen LogP contribution in [-0.4, -0.2) is 31.5 Å². The number of ether oxygens (including phenoxy) is 1. The summed E-state index contributed by atoms with van der Waals surface area (Å²) in [5.74, 6) is 0.550. The van der Waals surface area contributed by atoms with Crippen LogP contribution in [-0.2, 0) is 9.59 Å². The van der Waals surface area contributed by atoms with Crippen LogP contribution in [0, 0.1) is 5.92 Å². The number of methoxy groups -OCH3 is 1. The third-order valence-corrected chi connectivity index (χ3v) is 4.58. The first kappa shape index (κ1) is 14.9. The van der Waals surface area contributed by atoms with Crippen molar-refractivity contribution in [3.05, 3.63) is 24.3 Å². The van der Waals surface area contributed by atoms with Crippen LogP contribution >= 0.6 is 0 Å². The van der Waals surface area contributed by atoms with Gasteiger partial charge in [-0.3, -0.25) is 9.59 Å². The Bertz CT molecular complexity index is 550. The van der Waals surface area contributed by atoms with Crippen molar-refractivity contribution in [2.45, 2.75) is 38.1 Å². The van der Waals surface area contributed by atoms with Gasteiger partial charge in [-0.05, 0) is 37.1 Å². The van der Waals surface area contributed by atoms with Crippen molar-refractivity contribution in [1.82, 2.24) is 5.32 Å². The molecule has 118 valence electrons. The highest BCUT2D eigenvalue weighted by atomic mass is 16.5. The Kier molecular flexibility index (Phi) is 4.32. The molecule has 2 amide bonds. The summed E-state index contributed by atoms with van der Waals surface area (Å²) in [5, 5.41) is 3.09. The van der Waals surface area contributed by atoms with E-state index in [-0.39, 0.29) is 17.7 Å². The van der Waals surface area contributed by atoms with Crippen molar-refractivity contribution in [3.8, 4) is 5.75 Å². The van der Waals surface area contributed by atoms with Gasteiger partial charge in [0, 0.05) is 24.7 Å².